The van der Waals surface area contributed by atoms with Gasteiger partial charge in [0, 0.05) is 34.0 Å². The fraction of sp³-hybridized carbons (Fsp3) is 0.0400. The van der Waals surface area contributed by atoms with E-state index in [4.69, 9.17) is 22.1 Å². The number of benzene rings is 2. The van der Waals surface area contributed by atoms with Gasteiger partial charge < -0.3 is 15.8 Å². The summed E-state index contributed by atoms with van der Waals surface area (Å²) < 4.78 is 5.03. The van der Waals surface area contributed by atoms with Crippen LogP contribution < -0.4 is 15.8 Å². The van der Waals surface area contributed by atoms with Crippen LogP contribution in [0.4, 0.5) is 5.69 Å². The van der Waals surface area contributed by atoms with Crippen LogP contribution in [-0.2, 0) is 0 Å². The third-order valence-corrected chi connectivity index (χ3v) is 5.30. The van der Waals surface area contributed by atoms with E-state index in [2.05, 4.69) is 15.3 Å². The minimum absolute atomic E-state index is 0.284. The van der Waals surface area contributed by atoms with E-state index in [0.29, 0.717) is 44.5 Å². The molecule has 7 nitrogen and oxygen atoms in total. The lowest BCUT2D eigenvalue weighted by Crippen LogP contribution is -2.15. The minimum Gasteiger partial charge on any atom is -0.481 e. The maximum absolute atomic E-state index is 12.9. The number of carbonyl (C=O) groups excluding carboxylic acids is 2. The number of rotatable bonds is 6. The summed E-state index contributed by atoms with van der Waals surface area (Å²) in [6, 6.07) is 18.9. The Morgan fingerprint density at radius 3 is 2.48 bits per heavy atom. The number of aromatic nitrogens is 2. The highest BCUT2D eigenvalue weighted by molar-refractivity contribution is 6.33. The van der Waals surface area contributed by atoms with Crippen LogP contribution >= 0.6 is 11.6 Å². The highest BCUT2D eigenvalue weighted by Gasteiger charge is 2.16. The molecule has 4 aromatic rings. The van der Waals surface area contributed by atoms with Gasteiger partial charge in [-0.3, -0.25) is 14.6 Å². The third kappa shape index (κ3) is 4.83. The van der Waals surface area contributed by atoms with Crippen LogP contribution in [0.1, 0.15) is 20.7 Å². The zero-order valence-corrected chi connectivity index (χ0v) is 18.3. The first-order chi connectivity index (χ1) is 16.0. The number of nitrogens with zero attached hydrogens (tertiary/aromatic N) is 2. The van der Waals surface area contributed by atoms with Crippen LogP contribution in [0.3, 0.4) is 0 Å². The van der Waals surface area contributed by atoms with Gasteiger partial charge in [0.1, 0.15) is 0 Å². The monoisotopic (exact) mass is 458 g/mol. The van der Waals surface area contributed by atoms with Crippen LogP contribution in [0.5, 0.6) is 5.88 Å². The first-order valence-electron chi connectivity index (χ1n) is 9.93. The number of nitrogens with one attached hydrogen (secondary N) is 1. The summed E-state index contributed by atoms with van der Waals surface area (Å²) in [6.07, 6.45) is 3.17. The fourth-order valence-electron chi connectivity index (χ4n) is 3.33. The molecule has 0 spiro atoms. The number of carbonyl (C=O) groups is 2. The maximum atomic E-state index is 12.9. The summed E-state index contributed by atoms with van der Waals surface area (Å²) >= 11 is 6.40. The van der Waals surface area contributed by atoms with E-state index in [9.17, 15) is 9.59 Å². The van der Waals surface area contributed by atoms with Crippen molar-refractivity contribution < 1.29 is 14.3 Å². The molecule has 0 fully saturated rings. The van der Waals surface area contributed by atoms with Gasteiger partial charge in [0.05, 0.1) is 24.7 Å². The summed E-state index contributed by atoms with van der Waals surface area (Å²) in [4.78, 5) is 33.4. The fourth-order valence-corrected chi connectivity index (χ4v) is 3.54. The molecule has 0 unspecified atom stereocenters. The molecular weight excluding hydrogens is 440 g/mol. The van der Waals surface area contributed by atoms with E-state index in [1.807, 2.05) is 24.3 Å². The van der Waals surface area contributed by atoms with Gasteiger partial charge in [-0.05, 0) is 59.7 Å². The zero-order valence-electron chi connectivity index (χ0n) is 17.6. The third-order valence-electron chi connectivity index (χ3n) is 4.97. The van der Waals surface area contributed by atoms with Crippen molar-refractivity contribution in [1.29, 1.82) is 0 Å². The molecule has 2 aromatic heterocycles. The molecule has 0 aliphatic heterocycles. The number of methoxy groups -OCH3 is 1. The van der Waals surface area contributed by atoms with Crippen molar-refractivity contribution >= 4 is 29.1 Å². The lowest BCUT2D eigenvalue weighted by Gasteiger charge is -2.13. The van der Waals surface area contributed by atoms with E-state index in [1.54, 1.807) is 42.6 Å². The Balaban J connectivity index is 1.73. The Morgan fingerprint density at radius 1 is 0.970 bits per heavy atom. The molecule has 2 amide bonds. The largest absolute Gasteiger partial charge is 0.481 e. The van der Waals surface area contributed by atoms with E-state index in [0.717, 1.165) is 0 Å². The van der Waals surface area contributed by atoms with Crippen molar-refractivity contribution in [3.8, 4) is 28.3 Å². The molecular formula is C25H19ClN4O3. The van der Waals surface area contributed by atoms with Crippen molar-refractivity contribution in [1.82, 2.24) is 9.97 Å². The molecule has 8 heteroatoms. The predicted molar refractivity (Wildman–Crippen MR) is 127 cm³/mol. The summed E-state index contributed by atoms with van der Waals surface area (Å²) in [6.45, 7) is 0. The highest BCUT2D eigenvalue weighted by Crippen LogP contribution is 2.33. The SMILES string of the molecule is COc1ccc(NC(=O)c2ccc(C(N)=O)c(-c3ccc(Cl)c(-c4ccccn4)c3)c2)cn1. The summed E-state index contributed by atoms with van der Waals surface area (Å²) in [5.41, 5.74) is 9.32. The second-order valence-corrected chi connectivity index (χ2v) is 7.48. The van der Waals surface area contributed by atoms with Crippen LogP contribution in [0, 0.1) is 0 Å². The normalized spacial score (nSPS) is 10.5. The molecule has 2 aromatic carbocycles. The number of hydrogen-bond donors (Lipinski definition) is 2. The van der Waals surface area contributed by atoms with Gasteiger partial charge >= 0.3 is 0 Å². The summed E-state index contributed by atoms with van der Waals surface area (Å²) in [5, 5.41) is 3.29. The van der Waals surface area contributed by atoms with E-state index >= 15 is 0 Å². The number of halogens is 1. The Labute approximate surface area is 195 Å². The number of anilines is 1. The molecule has 2 heterocycles. The predicted octanol–water partition coefficient (Wildman–Crippen LogP) is 4.82. The first-order valence-corrected chi connectivity index (χ1v) is 10.3. The zero-order chi connectivity index (χ0) is 23.4. The Kier molecular flexibility index (Phi) is 6.33. The molecule has 0 radical (unpaired) electrons. The second kappa shape index (κ2) is 9.50. The topological polar surface area (TPSA) is 107 Å². The lowest BCUT2D eigenvalue weighted by atomic mass is 9.94. The van der Waals surface area contributed by atoms with E-state index in [1.165, 1.54) is 19.4 Å². The van der Waals surface area contributed by atoms with Crippen LogP contribution in [0.15, 0.2) is 79.1 Å². The van der Waals surface area contributed by atoms with Gasteiger partial charge in [-0.1, -0.05) is 23.7 Å². The highest BCUT2D eigenvalue weighted by atomic mass is 35.5. The van der Waals surface area contributed by atoms with Crippen molar-refractivity contribution in [3.05, 3.63) is 95.3 Å². The summed E-state index contributed by atoms with van der Waals surface area (Å²) in [7, 11) is 1.51. The number of ether oxygens (including phenoxy) is 1. The second-order valence-electron chi connectivity index (χ2n) is 7.08. The molecule has 0 saturated carbocycles. The Hall–Kier alpha value is -4.23. The average Bonchev–Trinajstić information content (AvgIpc) is 2.85. The molecule has 3 N–H and O–H groups in total. The molecule has 0 atom stereocenters. The molecule has 0 saturated heterocycles. The van der Waals surface area contributed by atoms with Crippen LogP contribution in [0.25, 0.3) is 22.4 Å². The van der Waals surface area contributed by atoms with Gasteiger partial charge in [0.25, 0.3) is 5.91 Å². The quantitative estimate of drug-likeness (QED) is 0.430. The average molecular weight is 459 g/mol. The molecule has 0 aliphatic carbocycles. The standard InChI is InChI=1S/C25H19ClN4O3/c1-33-23-10-7-17(14-29-23)30-25(32)16-5-8-18(24(27)31)19(13-16)15-6-9-21(26)20(12-15)22-4-2-3-11-28-22/h2-14H,1H3,(H2,27,31)(H,30,32). The van der Waals surface area contributed by atoms with Crippen molar-refractivity contribution in [2.24, 2.45) is 5.73 Å². The summed E-state index contributed by atoms with van der Waals surface area (Å²) in [5.74, 6) is -0.531. The van der Waals surface area contributed by atoms with Crippen molar-refractivity contribution in [2.75, 3.05) is 12.4 Å². The lowest BCUT2D eigenvalue weighted by molar-refractivity contribution is 0.0996. The minimum atomic E-state index is -0.606. The Morgan fingerprint density at radius 2 is 1.82 bits per heavy atom. The Bertz CT molecular complexity index is 1330. The van der Waals surface area contributed by atoms with E-state index < -0.39 is 5.91 Å². The van der Waals surface area contributed by atoms with Crippen LogP contribution in [0.2, 0.25) is 5.02 Å². The molecule has 4 rings (SSSR count). The van der Waals surface area contributed by atoms with Crippen molar-refractivity contribution in [2.45, 2.75) is 0 Å². The molecule has 33 heavy (non-hydrogen) atoms. The number of hydrogen-bond acceptors (Lipinski definition) is 5. The number of pyridine rings is 2. The van der Waals surface area contributed by atoms with Crippen molar-refractivity contribution in [3.63, 3.8) is 0 Å². The van der Waals surface area contributed by atoms with Gasteiger partial charge in [0.2, 0.25) is 11.8 Å². The molecule has 0 bridgehead atoms. The van der Waals surface area contributed by atoms with E-state index in [-0.39, 0.29) is 11.5 Å². The van der Waals surface area contributed by atoms with Crippen LogP contribution in [-0.4, -0.2) is 28.9 Å². The maximum Gasteiger partial charge on any atom is 0.255 e. The smallest absolute Gasteiger partial charge is 0.255 e. The van der Waals surface area contributed by atoms with Gasteiger partial charge in [-0.25, -0.2) is 4.98 Å². The number of primary amides is 1. The van der Waals surface area contributed by atoms with Gasteiger partial charge in [-0.15, -0.1) is 0 Å². The number of amides is 2. The molecule has 164 valence electrons. The first kappa shape index (κ1) is 22.0. The number of nitrogens with two attached hydrogens (primary N) is 1. The van der Waals surface area contributed by atoms with Gasteiger partial charge in [0.15, 0.2) is 0 Å². The van der Waals surface area contributed by atoms with Gasteiger partial charge in [-0.2, -0.15) is 0 Å². The molecule has 0 aliphatic rings.